The molecule has 0 heterocycles. The van der Waals surface area contributed by atoms with Crippen LogP contribution in [0, 0.1) is 5.41 Å². The Hall–Kier alpha value is -1.34. The first-order valence-corrected chi connectivity index (χ1v) is 6.96. The number of aliphatic hydroxyl groups excluding tert-OH is 1. The smallest absolute Gasteiger partial charge is 0.0844 e. The van der Waals surface area contributed by atoms with Gasteiger partial charge in [0.15, 0.2) is 0 Å². The predicted octanol–water partition coefficient (Wildman–Crippen LogP) is 4.89. The summed E-state index contributed by atoms with van der Waals surface area (Å²) < 4.78 is 0. The Balaban J connectivity index is 2.50. The molecule has 1 atom stereocenters. The van der Waals surface area contributed by atoms with Crippen LogP contribution in [0.15, 0.2) is 41.5 Å². The van der Waals surface area contributed by atoms with E-state index in [1.165, 1.54) is 22.3 Å². The quantitative estimate of drug-likeness (QED) is 0.798. The van der Waals surface area contributed by atoms with E-state index in [4.69, 9.17) is 0 Å². The first-order valence-electron chi connectivity index (χ1n) is 6.96. The number of hydrogen-bond acceptors (Lipinski definition) is 1. The Labute approximate surface area is 116 Å². The van der Waals surface area contributed by atoms with Gasteiger partial charge in [0, 0.05) is 0 Å². The minimum absolute atomic E-state index is 0.147. The van der Waals surface area contributed by atoms with Gasteiger partial charge in [0.25, 0.3) is 0 Å². The fraction of sp³-hybridized carbons (Fsp3) is 0.444. The number of hydrogen-bond donors (Lipinski definition) is 1. The molecule has 0 fully saturated rings. The van der Waals surface area contributed by atoms with Gasteiger partial charge in [0.2, 0.25) is 0 Å². The van der Waals surface area contributed by atoms with Crippen LogP contribution in [-0.4, -0.2) is 5.11 Å². The standard InChI is InChI=1S/C18H24O/c1-12-10-11-14(13(12)2)15-8-6-7-9-16(15)17(19)18(3,4)5/h6-10,17,19H,11H2,1-5H3. The summed E-state index contributed by atoms with van der Waals surface area (Å²) in [6, 6.07) is 8.26. The molecule has 2 rings (SSSR count). The second-order valence-corrected chi connectivity index (χ2v) is 6.55. The van der Waals surface area contributed by atoms with Gasteiger partial charge in [-0.25, -0.2) is 0 Å². The third-order valence-electron chi connectivity index (χ3n) is 4.06. The molecule has 0 saturated carbocycles. The van der Waals surface area contributed by atoms with Gasteiger partial charge in [-0.05, 0) is 48.0 Å². The van der Waals surface area contributed by atoms with Crippen LogP contribution < -0.4 is 0 Å². The highest BCUT2D eigenvalue weighted by atomic mass is 16.3. The van der Waals surface area contributed by atoms with E-state index in [-0.39, 0.29) is 5.41 Å². The van der Waals surface area contributed by atoms with E-state index >= 15 is 0 Å². The van der Waals surface area contributed by atoms with Crippen molar-refractivity contribution >= 4 is 5.57 Å². The van der Waals surface area contributed by atoms with Crippen LogP contribution in [0.25, 0.3) is 5.57 Å². The van der Waals surface area contributed by atoms with Crippen LogP contribution in [0.5, 0.6) is 0 Å². The second-order valence-electron chi connectivity index (χ2n) is 6.55. The van der Waals surface area contributed by atoms with E-state index in [2.05, 4.69) is 58.9 Å². The summed E-state index contributed by atoms with van der Waals surface area (Å²) in [5.41, 5.74) is 6.18. The molecule has 0 amide bonds. The lowest BCUT2D eigenvalue weighted by molar-refractivity contribution is 0.0624. The summed E-state index contributed by atoms with van der Waals surface area (Å²) in [6.45, 7) is 10.6. The van der Waals surface area contributed by atoms with Gasteiger partial charge in [-0.15, -0.1) is 0 Å². The minimum atomic E-state index is -0.440. The van der Waals surface area contributed by atoms with Crippen molar-refractivity contribution in [3.8, 4) is 0 Å². The van der Waals surface area contributed by atoms with E-state index < -0.39 is 6.10 Å². The van der Waals surface area contributed by atoms with Crippen molar-refractivity contribution in [1.29, 1.82) is 0 Å². The molecule has 1 aliphatic carbocycles. The van der Waals surface area contributed by atoms with Crippen LogP contribution in [-0.2, 0) is 0 Å². The highest BCUT2D eigenvalue weighted by Crippen LogP contribution is 2.40. The fourth-order valence-electron chi connectivity index (χ4n) is 2.59. The number of aliphatic hydroxyl groups is 1. The van der Waals surface area contributed by atoms with Crippen LogP contribution in [0.4, 0.5) is 0 Å². The minimum Gasteiger partial charge on any atom is -0.388 e. The van der Waals surface area contributed by atoms with Crippen LogP contribution in [0.1, 0.15) is 58.3 Å². The normalized spacial score (nSPS) is 17.7. The lowest BCUT2D eigenvalue weighted by atomic mass is 9.81. The summed E-state index contributed by atoms with van der Waals surface area (Å²) in [6.07, 6.45) is 2.81. The summed E-state index contributed by atoms with van der Waals surface area (Å²) in [7, 11) is 0. The largest absolute Gasteiger partial charge is 0.388 e. The number of allylic oxidation sites excluding steroid dienone is 4. The topological polar surface area (TPSA) is 20.2 Å². The van der Waals surface area contributed by atoms with Crippen LogP contribution >= 0.6 is 0 Å². The summed E-state index contributed by atoms with van der Waals surface area (Å²) >= 11 is 0. The van der Waals surface area contributed by atoms with Gasteiger partial charge in [0.05, 0.1) is 6.10 Å². The maximum absolute atomic E-state index is 10.6. The van der Waals surface area contributed by atoms with Crippen molar-refractivity contribution in [3.63, 3.8) is 0 Å². The Morgan fingerprint density at radius 2 is 1.74 bits per heavy atom. The molecule has 1 unspecified atom stereocenters. The van der Waals surface area contributed by atoms with Gasteiger partial charge in [0.1, 0.15) is 0 Å². The molecule has 0 bridgehead atoms. The third kappa shape index (κ3) is 2.66. The summed E-state index contributed by atoms with van der Waals surface area (Å²) in [5.74, 6) is 0. The Bertz CT molecular complexity index is 541. The summed E-state index contributed by atoms with van der Waals surface area (Å²) in [4.78, 5) is 0. The molecule has 0 spiro atoms. The van der Waals surface area contributed by atoms with Crippen molar-refractivity contribution in [3.05, 3.63) is 52.6 Å². The van der Waals surface area contributed by atoms with Gasteiger partial charge < -0.3 is 5.11 Å². The summed E-state index contributed by atoms with van der Waals surface area (Å²) in [5, 5.41) is 10.6. The number of benzene rings is 1. The predicted molar refractivity (Wildman–Crippen MR) is 81.8 cm³/mol. The third-order valence-corrected chi connectivity index (χ3v) is 4.06. The van der Waals surface area contributed by atoms with Crippen molar-refractivity contribution in [1.82, 2.24) is 0 Å². The zero-order valence-electron chi connectivity index (χ0n) is 12.6. The molecule has 1 heteroatoms. The molecule has 1 aliphatic rings. The zero-order chi connectivity index (χ0) is 14.2. The molecule has 1 aromatic rings. The second kappa shape index (κ2) is 4.97. The molecule has 0 saturated heterocycles. The highest BCUT2D eigenvalue weighted by molar-refractivity contribution is 5.78. The van der Waals surface area contributed by atoms with E-state index in [0.717, 1.165) is 12.0 Å². The molecule has 1 N–H and O–H groups in total. The average molecular weight is 256 g/mol. The van der Waals surface area contributed by atoms with Gasteiger partial charge in [-0.1, -0.05) is 56.7 Å². The Morgan fingerprint density at radius 1 is 1.11 bits per heavy atom. The first kappa shape index (κ1) is 14.1. The molecule has 1 nitrogen and oxygen atoms in total. The molecule has 1 aromatic carbocycles. The van der Waals surface area contributed by atoms with Crippen LogP contribution in [0.2, 0.25) is 0 Å². The Kier molecular flexibility index (Phi) is 3.69. The molecular weight excluding hydrogens is 232 g/mol. The fourth-order valence-corrected chi connectivity index (χ4v) is 2.59. The van der Waals surface area contributed by atoms with Gasteiger partial charge >= 0.3 is 0 Å². The highest BCUT2D eigenvalue weighted by Gasteiger charge is 2.27. The zero-order valence-corrected chi connectivity index (χ0v) is 12.6. The number of rotatable bonds is 2. The first-order chi connectivity index (χ1) is 8.82. The van der Waals surface area contributed by atoms with Crippen LogP contribution in [0.3, 0.4) is 0 Å². The molecule has 0 aromatic heterocycles. The lowest BCUT2D eigenvalue weighted by Crippen LogP contribution is -2.19. The lowest BCUT2D eigenvalue weighted by Gasteiger charge is -2.28. The van der Waals surface area contributed by atoms with E-state index in [1.54, 1.807) is 0 Å². The maximum Gasteiger partial charge on any atom is 0.0844 e. The van der Waals surface area contributed by atoms with Gasteiger partial charge in [-0.2, -0.15) is 0 Å². The SMILES string of the molecule is CC1=CCC(c2ccccc2C(O)C(C)(C)C)=C1C. The van der Waals surface area contributed by atoms with E-state index in [0.29, 0.717) is 0 Å². The van der Waals surface area contributed by atoms with Crippen molar-refractivity contribution in [2.45, 2.75) is 47.1 Å². The molecule has 19 heavy (non-hydrogen) atoms. The monoisotopic (exact) mass is 256 g/mol. The average Bonchev–Trinajstić information content (AvgIpc) is 2.68. The molecular formula is C18H24O. The van der Waals surface area contributed by atoms with Crippen molar-refractivity contribution in [2.75, 3.05) is 0 Å². The Morgan fingerprint density at radius 3 is 2.26 bits per heavy atom. The molecule has 0 radical (unpaired) electrons. The van der Waals surface area contributed by atoms with Crippen molar-refractivity contribution < 1.29 is 5.11 Å². The maximum atomic E-state index is 10.6. The van der Waals surface area contributed by atoms with E-state index in [9.17, 15) is 5.11 Å². The molecule has 0 aliphatic heterocycles. The van der Waals surface area contributed by atoms with Crippen molar-refractivity contribution in [2.24, 2.45) is 5.41 Å². The van der Waals surface area contributed by atoms with Gasteiger partial charge in [-0.3, -0.25) is 0 Å². The molecule has 102 valence electrons. The van der Waals surface area contributed by atoms with E-state index in [1.807, 2.05) is 6.07 Å².